The summed E-state index contributed by atoms with van der Waals surface area (Å²) in [4.78, 5) is 6.26. The second-order valence-electron chi connectivity index (χ2n) is 5.42. The molecule has 3 N–H and O–H groups in total. The highest BCUT2D eigenvalue weighted by Gasteiger charge is 2.29. The van der Waals surface area contributed by atoms with Crippen LogP contribution < -0.4 is 5.73 Å². The highest BCUT2D eigenvalue weighted by Crippen LogP contribution is 2.41. The maximum atomic E-state index is 7.56. The Hall–Kier alpha value is -0.900. The number of nitrogens with one attached hydrogen (secondary N) is 1. The number of thiazole rings is 1. The average molecular weight is 265 g/mol. The van der Waals surface area contributed by atoms with E-state index in [4.69, 9.17) is 16.1 Å². The Morgan fingerprint density at radius 3 is 2.89 bits per heavy atom. The van der Waals surface area contributed by atoms with Gasteiger partial charge in [0.25, 0.3) is 0 Å². The summed E-state index contributed by atoms with van der Waals surface area (Å²) in [5.74, 6) is 1.51. The zero-order chi connectivity index (χ0) is 13.3. The molecule has 0 fully saturated rings. The molecule has 3 atom stereocenters. The lowest BCUT2D eigenvalue weighted by atomic mass is 9.81. The Labute approximate surface area is 113 Å². The lowest BCUT2D eigenvalue weighted by Gasteiger charge is -2.26. The molecule has 1 aliphatic rings. The van der Waals surface area contributed by atoms with Gasteiger partial charge in [-0.1, -0.05) is 20.3 Å². The van der Waals surface area contributed by atoms with E-state index in [-0.39, 0.29) is 11.8 Å². The van der Waals surface area contributed by atoms with Gasteiger partial charge >= 0.3 is 0 Å². The summed E-state index contributed by atoms with van der Waals surface area (Å²) in [5.41, 5.74) is 6.91. The fourth-order valence-corrected chi connectivity index (χ4v) is 3.88. The Morgan fingerprint density at radius 2 is 2.28 bits per heavy atom. The van der Waals surface area contributed by atoms with Crippen LogP contribution in [0.2, 0.25) is 0 Å². The van der Waals surface area contributed by atoms with E-state index < -0.39 is 0 Å². The van der Waals surface area contributed by atoms with E-state index in [1.54, 1.807) is 11.3 Å². The molecule has 4 heteroatoms. The second-order valence-corrected chi connectivity index (χ2v) is 6.54. The third-order valence-electron chi connectivity index (χ3n) is 4.18. The Kier molecular flexibility index (Phi) is 4.05. The van der Waals surface area contributed by atoms with E-state index in [0.717, 1.165) is 11.4 Å². The molecule has 0 aliphatic heterocycles. The topological polar surface area (TPSA) is 62.8 Å². The standard InChI is InChI=1S/C14H23N3S/c1-4-8(2)10-6-5-7-11-12(10)17-14(18-11)9(3)13(15)16/h8-10H,4-7H2,1-3H3,(H3,15,16)/t8?,9-,10?/m0/s1. The van der Waals surface area contributed by atoms with Gasteiger partial charge in [0.05, 0.1) is 11.6 Å². The number of aryl methyl sites for hydroxylation is 1. The summed E-state index contributed by atoms with van der Waals surface area (Å²) in [6, 6.07) is 0. The minimum Gasteiger partial charge on any atom is -0.387 e. The van der Waals surface area contributed by atoms with Gasteiger partial charge in [0.1, 0.15) is 10.8 Å². The van der Waals surface area contributed by atoms with E-state index in [9.17, 15) is 0 Å². The van der Waals surface area contributed by atoms with Gasteiger partial charge in [-0.3, -0.25) is 5.41 Å². The summed E-state index contributed by atoms with van der Waals surface area (Å²) in [6.07, 6.45) is 4.90. The molecular formula is C14H23N3S. The number of nitrogens with two attached hydrogens (primary N) is 1. The summed E-state index contributed by atoms with van der Waals surface area (Å²) in [5, 5.41) is 8.59. The molecule has 0 radical (unpaired) electrons. The molecule has 100 valence electrons. The number of aromatic nitrogens is 1. The fraction of sp³-hybridized carbons (Fsp3) is 0.714. The first-order valence-electron chi connectivity index (χ1n) is 6.88. The van der Waals surface area contributed by atoms with Crippen LogP contribution in [0.15, 0.2) is 0 Å². The molecule has 0 aromatic carbocycles. The van der Waals surface area contributed by atoms with Crippen LogP contribution in [0.1, 0.15) is 67.4 Å². The van der Waals surface area contributed by atoms with Crippen LogP contribution >= 0.6 is 11.3 Å². The normalized spacial score (nSPS) is 22.3. The molecule has 1 aromatic rings. The molecule has 2 unspecified atom stereocenters. The average Bonchev–Trinajstić information content (AvgIpc) is 2.80. The van der Waals surface area contributed by atoms with E-state index in [0.29, 0.717) is 11.8 Å². The molecule has 3 nitrogen and oxygen atoms in total. The van der Waals surface area contributed by atoms with E-state index in [2.05, 4.69) is 13.8 Å². The van der Waals surface area contributed by atoms with Gasteiger partial charge in [-0.15, -0.1) is 11.3 Å². The molecule has 1 aliphatic carbocycles. The lowest BCUT2D eigenvalue weighted by Crippen LogP contribution is -2.18. The monoisotopic (exact) mass is 265 g/mol. The molecule has 1 heterocycles. The summed E-state index contributed by atoms with van der Waals surface area (Å²) >= 11 is 1.77. The van der Waals surface area contributed by atoms with Crippen molar-refractivity contribution in [2.45, 2.75) is 58.3 Å². The quantitative estimate of drug-likeness (QED) is 0.645. The summed E-state index contributed by atoms with van der Waals surface area (Å²) < 4.78 is 0. The van der Waals surface area contributed by atoms with Crippen molar-refractivity contribution in [2.75, 3.05) is 0 Å². The number of rotatable bonds is 4. The summed E-state index contributed by atoms with van der Waals surface area (Å²) in [7, 11) is 0. The molecule has 0 amide bonds. The smallest absolute Gasteiger partial charge is 0.103 e. The third-order valence-corrected chi connectivity index (χ3v) is 5.50. The Morgan fingerprint density at radius 1 is 1.56 bits per heavy atom. The first-order valence-corrected chi connectivity index (χ1v) is 7.69. The maximum Gasteiger partial charge on any atom is 0.103 e. The number of amidine groups is 1. The number of fused-ring (bicyclic) bond motifs is 1. The molecule has 0 saturated heterocycles. The van der Waals surface area contributed by atoms with Crippen molar-refractivity contribution >= 4 is 17.2 Å². The van der Waals surface area contributed by atoms with Crippen LogP contribution in [-0.2, 0) is 6.42 Å². The predicted octanol–water partition coefficient (Wildman–Crippen LogP) is 3.65. The zero-order valence-electron chi connectivity index (χ0n) is 11.5. The molecule has 0 bridgehead atoms. The molecule has 1 aromatic heterocycles. The van der Waals surface area contributed by atoms with Gasteiger partial charge in [0.15, 0.2) is 0 Å². The number of hydrogen-bond acceptors (Lipinski definition) is 3. The minimum atomic E-state index is -0.0295. The zero-order valence-corrected chi connectivity index (χ0v) is 12.3. The van der Waals surface area contributed by atoms with Crippen molar-refractivity contribution in [3.8, 4) is 0 Å². The van der Waals surface area contributed by atoms with Gasteiger partial charge in [0, 0.05) is 10.8 Å². The van der Waals surface area contributed by atoms with Crippen LogP contribution in [0.4, 0.5) is 0 Å². The first kappa shape index (κ1) is 13.5. The maximum absolute atomic E-state index is 7.56. The van der Waals surface area contributed by atoms with Gasteiger partial charge < -0.3 is 5.73 Å². The highest BCUT2D eigenvalue weighted by molar-refractivity contribution is 7.12. The second kappa shape index (κ2) is 5.39. The largest absolute Gasteiger partial charge is 0.387 e. The molecule has 0 spiro atoms. The Balaban J connectivity index is 2.31. The number of hydrogen-bond donors (Lipinski definition) is 2. The van der Waals surface area contributed by atoms with Crippen LogP contribution in [0, 0.1) is 11.3 Å². The van der Waals surface area contributed by atoms with Crippen LogP contribution in [0.5, 0.6) is 0 Å². The molecular weight excluding hydrogens is 242 g/mol. The first-order chi connectivity index (χ1) is 8.54. The number of nitrogens with zero attached hydrogens (tertiary/aromatic N) is 1. The SMILES string of the molecule is CCC(C)C1CCCc2sc([C@@H](C)C(=N)N)nc21. The molecule has 0 saturated carbocycles. The van der Waals surface area contributed by atoms with Gasteiger partial charge in [0.2, 0.25) is 0 Å². The van der Waals surface area contributed by atoms with Gasteiger partial charge in [-0.2, -0.15) is 0 Å². The molecule has 18 heavy (non-hydrogen) atoms. The van der Waals surface area contributed by atoms with Crippen molar-refractivity contribution in [3.05, 3.63) is 15.6 Å². The van der Waals surface area contributed by atoms with Gasteiger partial charge in [-0.25, -0.2) is 4.98 Å². The van der Waals surface area contributed by atoms with E-state index in [1.807, 2.05) is 6.92 Å². The van der Waals surface area contributed by atoms with Crippen molar-refractivity contribution in [1.29, 1.82) is 5.41 Å². The van der Waals surface area contributed by atoms with Crippen LogP contribution in [-0.4, -0.2) is 10.8 Å². The van der Waals surface area contributed by atoms with Gasteiger partial charge in [-0.05, 0) is 32.1 Å². The molecule has 2 rings (SSSR count). The third kappa shape index (κ3) is 2.44. The highest BCUT2D eigenvalue weighted by atomic mass is 32.1. The minimum absolute atomic E-state index is 0.0295. The fourth-order valence-electron chi connectivity index (χ4n) is 2.63. The van der Waals surface area contributed by atoms with Crippen molar-refractivity contribution in [3.63, 3.8) is 0 Å². The summed E-state index contributed by atoms with van der Waals surface area (Å²) in [6.45, 7) is 6.56. The van der Waals surface area contributed by atoms with Crippen LogP contribution in [0.25, 0.3) is 0 Å². The van der Waals surface area contributed by atoms with E-state index >= 15 is 0 Å². The Bertz CT molecular complexity index is 438. The predicted molar refractivity (Wildman–Crippen MR) is 77.6 cm³/mol. The van der Waals surface area contributed by atoms with Crippen molar-refractivity contribution in [2.24, 2.45) is 11.7 Å². The van der Waals surface area contributed by atoms with Crippen molar-refractivity contribution < 1.29 is 0 Å². The lowest BCUT2D eigenvalue weighted by molar-refractivity contribution is 0.390. The van der Waals surface area contributed by atoms with Crippen molar-refractivity contribution in [1.82, 2.24) is 4.98 Å². The van der Waals surface area contributed by atoms with E-state index in [1.165, 1.54) is 29.8 Å². The van der Waals surface area contributed by atoms with Crippen LogP contribution in [0.3, 0.4) is 0 Å².